The van der Waals surface area contributed by atoms with Crippen molar-refractivity contribution in [3.63, 3.8) is 0 Å². The fourth-order valence-corrected chi connectivity index (χ4v) is 4.07. The molecule has 11 heteroatoms. The summed E-state index contributed by atoms with van der Waals surface area (Å²) in [6.07, 6.45) is 1.30. The van der Waals surface area contributed by atoms with E-state index >= 15 is 0 Å². The van der Waals surface area contributed by atoms with Crippen LogP contribution in [0.15, 0.2) is 15.8 Å². The molecular weight excluding hydrogens is 358 g/mol. The molecule has 1 aromatic rings. The van der Waals surface area contributed by atoms with Gasteiger partial charge >= 0.3 is 13.3 Å². The topological polar surface area (TPSA) is 109 Å². The highest BCUT2D eigenvalue weighted by Crippen LogP contribution is 2.52. The van der Waals surface area contributed by atoms with E-state index in [4.69, 9.17) is 13.8 Å². The molecule has 0 amide bonds. The average Bonchev–Trinajstić information content (AvgIpc) is 3.09. The molecule has 1 fully saturated rings. The highest BCUT2D eigenvalue weighted by molar-refractivity contribution is 7.54. The van der Waals surface area contributed by atoms with E-state index < -0.39 is 43.3 Å². The van der Waals surface area contributed by atoms with Crippen molar-refractivity contribution >= 4 is 7.60 Å². The number of aromatic nitrogens is 2. The van der Waals surface area contributed by atoms with Crippen LogP contribution in [0.3, 0.4) is 0 Å². The Labute approximate surface area is 143 Å². The van der Waals surface area contributed by atoms with E-state index in [1.54, 1.807) is 13.8 Å². The number of aliphatic hydroxyl groups is 1. The number of ether oxygens (including phenoxy) is 1. The van der Waals surface area contributed by atoms with Gasteiger partial charge in [0.1, 0.15) is 6.23 Å². The minimum Gasteiger partial charge on any atom is -0.379 e. The summed E-state index contributed by atoms with van der Waals surface area (Å²) >= 11 is 0. The van der Waals surface area contributed by atoms with Gasteiger partial charge in [0.15, 0.2) is 5.85 Å². The molecule has 25 heavy (non-hydrogen) atoms. The van der Waals surface area contributed by atoms with Crippen LogP contribution in [-0.2, 0) is 24.9 Å². The molecular formula is C14H22FN2O7P. The number of rotatable bonds is 8. The van der Waals surface area contributed by atoms with Crippen molar-refractivity contribution in [1.29, 1.82) is 0 Å². The summed E-state index contributed by atoms with van der Waals surface area (Å²) in [6, 6.07) is 0. The zero-order chi connectivity index (χ0) is 18.6. The third-order valence-electron chi connectivity index (χ3n) is 3.70. The Kier molecular flexibility index (Phi) is 6.70. The monoisotopic (exact) mass is 380 g/mol. The Morgan fingerprint density at radius 3 is 2.56 bits per heavy atom. The van der Waals surface area contributed by atoms with Crippen LogP contribution in [-0.4, -0.2) is 39.9 Å². The van der Waals surface area contributed by atoms with Crippen LogP contribution < -0.4 is 11.2 Å². The molecule has 2 atom stereocenters. The van der Waals surface area contributed by atoms with Crippen molar-refractivity contribution in [3.8, 4) is 0 Å². The molecule has 0 spiro atoms. The van der Waals surface area contributed by atoms with Crippen LogP contribution in [0.1, 0.15) is 32.9 Å². The first-order chi connectivity index (χ1) is 11.8. The zero-order valence-corrected chi connectivity index (χ0v) is 15.0. The minimum atomic E-state index is -3.98. The first-order valence-electron chi connectivity index (χ1n) is 8.04. The van der Waals surface area contributed by atoms with Crippen molar-refractivity contribution in [1.82, 2.24) is 9.13 Å². The lowest BCUT2D eigenvalue weighted by Crippen LogP contribution is -2.44. The van der Waals surface area contributed by atoms with Gasteiger partial charge in [0.05, 0.1) is 26.0 Å². The molecule has 0 unspecified atom stereocenters. The Morgan fingerprint density at radius 2 is 2.04 bits per heavy atom. The molecule has 0 aliphatic carbocycles. The van der Waals surface area contributed by atoms with Crippen LogP contribution in [0.4, 0.5) is 4.39 Å². The molecule has 142 valence electrons. The second-order valence-corrected chi connectivity index (χ2v) is 7.60. The lowest BCUT2D eigenvalue weighted by Gasteiger charge is -2.23. The quantitative estimate of drug-likeness (QED) is 0.671. The van der Waals surface area contributed by atoms with Gasteiger partial charge < -0.3 is 18.9 Å². The van der Waals surface area contributed by atoms with Gasteiger partial charge in [-0.05, 0) is 26.7 Å². The van der Waals surface area contributed by atoms with Crippen LogP contribution in [0, 0.1) is 5.82 Å². The van der Waals surface area contributed by atoms with E-state index in [1.807, 2.05) is 0 Å². The minimum absolute atomic E-state index is 0.00741. The molecule has 0 bridgehead atoms. The summed E-state index contributed by atoms with van der Waals surface area (Å²) in [7, 11) is -3.98. The lowest BCUT2D eigenvalue weighted by molar-refractivity contribution is 0.0495. The number of hydrogen-bond acceptors (Lipinski definition) is 7. The predicted molar refractivity (Wildman–Crippen MR) is 86.0 cm³/mol. The highest BCUT2D eigenvalue weighted by atomic mass is 31.2. The second-order valence-electron chi connectivity index (χ2n) is 5.41. The maximum absolute atomic E-state index is 14.0. The SMILES string of the molecule is CCOP(=O)(OCC)[C@@H](O)Cn1c(=O)c(F)cn([C@@H]2CCCO2)c1=O. The molecule has 9 nitrogen and oxygen atoms in total. The van der Waals surface area contributed by atoms with E-state index in [0.717, 1.165) is 10.8 Å². The van der Waals surface area contributed by atoms with E-state index in [2.05, 4.69) is 0 Å². The molecule has 0 saturated carbocycles. The van der Waals surface area contributed by atoms with Gasteiger partial charge in [-0.2, -0.15) is 4.39 Å². The van der Waals surface area contributed by atoms with Crippen LogP contribution in [0.2, 0.25) is 0 Å². The van der Waals surface area contributed by atoms with Gasteiger partial charge in [0.25, 0.3) is 5.56 Å². The Hall–Kier alpha value is -1.32. The number of aliphatic hydroxyl groups excluding tert-OH is 1. The molecule has 0 radical (unpaired) electrons. The fourth-order valence-electron chi connectivity index (χ4n) is 2.57. The van der Waals surface area contributed by atoms with E-state index in [1.165, 1.54) is 0 Å². The molecule has 2 heterocycles. The standard InChI is InChI=1S/C14H22FN2O7P/c1-3-23-25(21,24-4-2)12(18)9-17-13(19)10(15)8-16(14(17)20)11-6-5-7-22-11/h8,11-12,18H,3-7,9H2,1-2H3/t11-,12+/m0/s1. The molecule has 1 N–H and O–H groups in total. The molecule has 2 rings (SSSR count). The Balaban J connectivity index is 2.39. The average molecular weight is 380 g/mol. The van der Waals surface area contributed by atoms with E-state index in [9.17, 15) is 23.7 Å². The fraction of sp³-hybridized carbons (Fsp3) is 0.714. The van der Waals surface area contributed by atoms with Gasteiger partial charge in [-0.25, -0.2) is 4.79 Å². The van der Waals surface area contributed by atoms with Crippen molar-refractivity contribution < 1.29 is 27.8 Å². The Bertz CT molecular complexity index is 747. The summed E-state index contributed by atoms with van der Waals surface area (Å²) in [4.78, 5) is 24.5. The number of halogens is 1. The Morgan fingerprint density at radius 1 is 1.40 bits per heavy atom. The van der Waals surface area contributed by atoms with Crippen LogP contribution in [0.25, 0.3) is 0 Å². The zero-order valence-electron chi connectivity index (χ0n) is 14.1. The summed E-state index contributed by atoms with van der Waals surface area (Å²) < 4.78 is 43.2. The van der Waals surface area contributed by atoms with E-state index in [0.29, 0.717) is 24.0 Å². The van der Waals surface area contributed by atoms with E-state index in [-0.39, 0.29) is 13.2 Å². The molecule has 0 aromatic carbocycles. The summed E-state index contributed by atoms with van der Waals surface area (Å²) in [5, 5.41) is 10.2. The van der Waals surface area contributed by atoms with Gasteiger partial charge in [-0.1, -0.05) is 0 Å². The summed E-state index contributed by atoms with van der Waals surface area (Å²) in [5.41, 5.74) is -2.09. The van der Waals surface area contributed by atoms with Gasteiger partial charge in [-0.15, -0.1) is 0 Å². The third kappa shape index (κ3) is 4.27. The molecule has 1 aliphatic rings. The van der Waals surface area contributed by atoms with Crippen LogP contribution >= 0.6 is 7.60 Å². The number of hydrogen-bond donors (Lipinski definition) is 1. The maximum Gasteiger partial charge on any atom is 0.360 e. The van der Waals surface area contributed by atoms with Gasteiger partial charge in [-0.3, -0.25) is 18.5 Å². The van der Waals surface area contributed by atoms with Gasteiger partial charge in [0.2, 0.25) is 5.82 Å². The maximum atomic E-state index is 14.0. The first kappa shape index (κ1) is 20.0. The van der Waals surface area contributed by atoms with Crippen molar-refractivity contribution in [2.75, 3.05) is 19.8 Å². The van der Waals surface area contributed by atoms with Crippen molar-refractivity contribution in [2.24, 2.45) is 0 Å². The molecule has 1 aromatic heterocycles. The van der Waals surface area contributed by atoms with Crippen LogP contribution in [0.5, 0.6) is 0 Å². The highest BCUT2D eigenvalue weighted by Gasteiger charge is 2.35. The molecule has 1 aliphatic heterocycles. The summed E-state index contributed by atoms with van der Waals surface area (Å²) in [5.74, 6) is -2.97. The largest absolute Gasteiger partial charge is 0.379 e. The predicted octanol–water partition coefficient (Wildman–Crippen LogP) is 1.04. The van der Waals surface area contributed by atoms with Crippen molar-refractivity contribution in [3.05, 3.63) is 32.9 Å². The summed E-state index contributed by atoms with van der Waals surface area (Å²) in [6.45, 7) is 2.79. The lowest BCUT2D eigenvalue weighted by atomic mass is 10.3. The smallest absolute Gasteiger partial charge is 0.360 e. The molecule has 1 saturated heterocycles. The second kappa shape index (κ2) is 8.37. The first-order valence-corrected chi connectivity index (χ1v) is 9.65. The van der Waals surface area contributed by atoms with Gasteiger partial charge in [0, 0.05) is 6.61 Å². The third-order valence-corrected chi connectivity index (χ3v) is 5.83. The normalized spacial score (nSPS) is 19.3. The van der Waals surface area contributed by atoms with Crippen molar-refractivity contribution in [2.45, 2.75) is 45.3 Å². The number of nitrogens with zero attached hydrogens (tertiary/aromatic N) is 2.